The highest BCUT2D eigenvalue weighted by atomic mass is 16.5. The Morgan fingerprint density at radius 1 is 1.00 bits per heavy atom. The van der Waals surface area contributed by atoms with Gasteiger partial charge >= 0.3 is 6.01 Å². The summed E-state index contributed by atoms with van der Waals surface area (Å²) in [4.78, 5) is 12.2. The van der Waals surface area contributed by atoms with Gasteiger partial charge in [0.2, 0.25) is 5.89 Å². The quantitative estimate of drug-likeness (QED) is 0.767. The molecule has 0 fully saturated rings. The summed E-state index contributed by atoms with van der Waals surface area (Å²) in [6.07, 6.45) is 0. The molecular formula is C18H17N3O4. The Hall–Kier alpha value is -3.35. The van der Waals surface area contributed by atoms with Crippen LogP contribution in [0.25, 0.3) is 11.5 Å². The Morgan fingerprint density at radius 3 is 2.40 bits per heavy atom. The number of rotatable bonds is 5. The number of anilines is 1. The predicted molar refractivity (Wildman–Crippen MR) is 92.0 cm³/mol. The molecule has 128 valence electrons. The molecule has 7 nitrogen and oxygen atoms in total. The van der Waals surface area contributed by atoms with E-state index in [9.17, 15) is 4.79 Å². The van der Waals surface area contributed by atoms with Crippen molar-refractivity contribution in [2.45, 2.75) is 6.92 Å². The molecule has 0 aliphatic rings. The second-order valence-corrected chi connectivity index (χ2v) is 5.30. The number of amides is 1. The van der Waals surface area contributed by atoms with Gasteiger partial charge in [0.15, 0.2) is 11.5 Å². The van der Waals surface area contributed by atoms with Crippen LogP contribution in [0.4, 0.5) is 6.01 Å². The minimum Gasteiger partial charge on any atom is -0.493 e. The zero-order chi connectivity index (χ0) is 17.8. The monoisotopic (exact) mass is 339 g/mol. The third-order valence-electron chi connectivity index (χ3n) is 3.59. The molecule has 0 atom stereocenters. The Kier molecular flexibility index (Phi) is 4.65. The number of nitrogens with one attached hydrogen (secondary N) is 1. The number of carbonyl (C=O) groups excluding carboxylic acids is 1. The lowest BCUT2D eigenvalue weighted by atomic mass is 10.1. The topological polar surface area (TPSA) is 86.5 Å². The summed E-state index contributed by atoms with van der Waals surface area (Å²) in [6, 6.07) is 12.4. The molecule has 25 heavy (non-hydrogen) atoms. The van der Waals surface area contributed by atoms with Gasteiger partial charge in [0.05, 0.1) is 14.2 Å². The van der Waals surface area contributed by atoms with Gasteiger partial charge in [-0.3, -0.25) is 10.1 Å². The molecule has 2 aromatic carbocycles. The molecule has 3 rings (SSSR count). The van der Waals surface area contributed by atoms with E-state index >= 15 is 0 Å². The highest BCUT2D eigenvalue weighted by molar-refractivity contribution is 6.03. The molecule has 0 bridgehead atoms. The van der Waals surface area contributed by atoms with Crippen LogP contribution >= 0.6 is 0 Å². The average Bonchev–Trinajstić information content (AvgIpc) is 3.10. The van der Waals surface area contributed by atoms with Crippen LogP contribution in [0.15, 0.2) is 46.9 Å². The van der Waals surface area contributed by atoms with Gasteiger partial charge in [0.1, 0.15) is 0 Å². The summed E-state index contributed by atoms with van der Waals surface area (Å²) in [5.74, 6) is 1.09. The van der Waals surface area contributed by atoms with Crippen molar-refractivity contribution in [1.29, 1.82) is 0 Å². The van der Waals surface area contributed by atoms with Crippen LogP contribution in [0, 0.1) is 6.92 Å². The summed E-state index contributed by atoms with van der Waals surface area (Å²) >= 11 is 0. The van der Waals surface area contributed by atoms with Gasteiger partial charge in [-0.1, -0.05) is 22.8 Å². The number of aryl methyl sites for hydroxylation is 1. The van der Waals surface area contributed by atoms with E-state index in [2.05, 4.69) is 15.5 Å². The SMILES string of the molecule is COc1ccc(-c2nnc(NC(=O)c3ccc(C)cc3)o2)cc1OC. The van der Waals surface area contributed by atoms with E-state index in [4.69, 9.17) is 13.9 Å². The first kappa shape index (κ1) is 16.5. The normalized spacial score (nSPS) is 10.4. The number of ether oxygens (including phenoxy) is 2. The molecule has 1 N–H and O–H groups in total. The largest absolute Gasteiger partial charge is 0.493 e. The van der Waals surface area contributed by atoms with Crippen LogP contribution in [0.5, 0.6) is 11.5 Å². The molecule has 0 aliphatic heterocycles. The van der Waals surface area contributed by atoms with Crippen molar-refractivity contribution < 1.29 is 18.7 Å². The first-order valence-electron chi connectivity index (χ1n) is 7.54. The third-order valence-corrected chi connectivity index (χ3v) is 3.59. The van der Waals surface area contributed by atoms with Gasteiger partial charge in [-0.05, 0) is 37.3 Å². The fourth-order valence-electron chi connectivity index (χ4n) is 2.23. The molecule has 0 unspecified atom stereocenters. The van der Waals surface area contributed by atoms with Crippen molar-refractivity contribution in [2.24, 2.45) is 0 Å². The van der Waals surface area contributed by atoms with Gasteiger partial charge < -0.3 is 13.9 Å². The molecule has 0 aliphatic carbocycles. The summed E-state index contributed by atoms with van der Waals surface area (Å²) in [5, 5.41) is 10.4. The van der Waals surface area contributed by atoms with E-state index in [1.54, 1.807) is 44.6 Å². The first-order chi connectivity index (χ1) is 12.1. The fraction of sp³-hybridized carbons (Fsp3) is 0.167. The van der Waals surface area contributed by atoms with Crippen LogP contribution in [0.1, 0.15) is 15.9 Å². The summed E-state index contributed by atoms with van der Waals surface area (Å²) in [6.45, 7) is 1.95. The maximum absolute atomic E-state index is 12.2. The molecule has 1 heterocycles. The molecule has 7 heteroatoms. The van der Waals surface area contributed by atoms with E-state index in [0.29, 0.717) is 22.6 Å². The van der Waals surface area contributed by atoms with Crippen molar-refractivity contribution >= 4 is 11.9 Å². The van der Waals surface area contributed by atoms with Crippen molar-refractivity contribution in [3.05, 3.63) is 53.6 Å². The Morgan fingerprint density at radius 2 is 1.72 bits per heavy atom. The van der Waals surface area contributed by atoms with Crippen LogP contribution in [-0.2, 0) is 0 Å². The van der Waals surface area contributed by atoms with Crippen LogP contribution in [0.2, 0.25) is 0 Å². The predicted octanol–water partition coefficient (Wildman–Crippen LogP) is 3.31. The van der Waals surface area contributed by atoms with Gasteiger partial charge in [0, 0.05) is 11.1 Å². The standard InChI is InChI=1S/C18H17N3O4/c1-11-4-6-12(7-5-11)16(22)19-18-21-20-17(25-18)13-8-9-14(23-2)15(10-13)24-3/h4-10H,1-3H3,(H,19,21,22). The maximum Gasteiger partial charge on any atom is 0.322 e. The minimum atomic E-state index is -0.317. The third kappa shape index (κ3) is 3.60. The second kappa shape index (κ2) is 7.04. The van der Waals surface area contributed by atoms with Crippen LogP contribution < -0.4 is 14.8 Å². The first-order valence-corrected chi connectivity index (χ1v) is 7.54. The van der Waals surface area contributed by atoms with Crippen molar-refractivity contribution in [1.82, 2.24) is 10.2 Å². The summed E-state index contributed by atoms with van der Waals surface area (Å²) < 4.78 is 16.0. The molecule has 1 amide bonds. The van der Waals surface area contributed by atoms with E-state index in [-0.39, 0.29) is 17.8 Å². The molecule has 0 saturated carbocycles. The van der Waals surface area contributed by atoms with E-state index in [1.165, 1.54) is 0 Å². The molecular weight excluding hydrogens is 322 g/mol. The zero-order valence-electron chi connectivity index (χ0n) is 14.1. The lowest BCUT2D eigenvalue weighted by Gasteiger charge is -2.07. The lowest BCUT2D eigenvalue weighted by Crippen LogP contribution is -2.11. The van der Waals surface area contributed by atoms with E-state index in [1.807, 2.05) is 19.1 Å². The van der Waals surface area contributed by atoms with Gasteiger partial charge in [-0.15, -0.1) is 5.10 Å². The Bertz CT molecular complexity index is 888. The zero-order valence-corrected chi connectivity index (χ0v) is 14.1. The average molecular weight is 339 g/mol. The Balaban J connectivity index is 1.78. The van der Waals surface area contributed by atoms with Crippen molar-refractivity contribution in [2.75, 3.05) is 19.5 Å². The maximum atomic E-state index is 12.2. The summed E-state index contributed by atoms with van der Waals surface area (Å²) in [5.41, 5.74) is 2.24. The van der Waals surface area contributed by atoms with Crippen LogP contribution in [-0.4, -0.2) is 30.3 Å². The van der Waals surface area contributed by atoms with E-state index in [0.717, 1.165) is 5.56 Å². The number of carbonyl (C=O) groups is 1. The number of hydrogen-bond acceptors (Lipinski definition) is 6. The number of hydrogen-bond donors (Lipinski definition) is 1. The highest BCUT2D eigenvalue weighted by Crippen LogP contribution is 2.32. The Labute approximate surface area is 144 Å². The molecule has 0 spiro atoms. The van der Waals surface area contributed by atoms with Gasteiger partial charge in [0.25, 0.3) is 5.91 Å². The minimum absolute atomic E-state index is 0.0235. The molecule has 3 aromatic rings. The van der Waals surface area contributed by atoms with Crippen LogP contribution in [0.3, 0.4) is 0 Å². The lowest BCUT2D eigenvalue weighted by molar-refractivity contribution is 0.102. The molecule has 1 aromatic heterocycles. The fourth-order valence-corrected chi connectivity index (χ4v) is 2.23. The smallest absolute Gasteiger partial charge is 0.322 e. The van der Waals surface area contributed by atoms with E-state index < -0.39 is 0 Å². The van der Waals surface area contributed by atoms with Gasteiger partial charge in [-0.25, -0.2) is 0 Å². The number of methoxy groups -OCH3 is 2. The number of nitrogens with zero attached hydrogens (tertiary/aromatic N) is 2. The number of benzene rings is 2. The molecule has 0 radical (unpaired) electrons. The summed E-state index contributed by atoms with van der Waals surface area (Å²) in [7, 11) is 3.10. The van der Waals surface area contributed by atoms with Gasteiger partial charge in [-0.2, -0.15) is 0 Å². The van der Waals surface area contributed by atoms with Crippen molar-refractivity contribution in [3.63, 3.8) is 0 Å². The highest BCUT2D eigenvalue weighted by Gasteiger charge is 2.14. The van der Waals surface area contributed by atoms with Crippen molar-refractivity contribution in [3.8, 4) is 23.0 Å². The number of aromatic nitrogens is 2. The second-order valence-electron chi connectivity index (χ2n) is 5.30. The molecule has 0 saturated heterocycles.